The van der Waals surface area contributed by atoms with Crippen molar-refractivity contribution < 1.29 is 31.1 Å². The Balaban J connectivity index is 1.43. The third-order valence-corrected chi connectivity index (χ3v) is 8.53. The fourth-order valence-corrected chi connectivity index (χ4v) is 5.85. The van der Waals surface area contributed by atoms with E-state index in [1.807, 2.05) is 36.4 Å². The third kappa shape index (κ3) is 7.06. The van der Waals surface area contributed by atoms with Crippen molar-refractivity contribution in [1.29, 1.82) is 0 Å². The number of sulfonamides is 1. The highest BCUT2D eigenvalue weighted by atomic mass is 35.5. The van der Waals surface area contributed by atoms with Crippen molar-refractivity contribution in [3.63, 3.8) is 0 Å². The van der Waals surface area contributed by atoms with Crippen molar-refractivity contribution in [3.05, 3.63) is 94.5 Å². The minimum Gasteiger partial charge on any atom is -0.497 e. The minimum atomic E-state index is -4.62. The Morgan fingerprint density at radius 3 is 2.29 bits per heavy atom. The Labute approximate surface area is 225 Å². The smallest absolute Gasteiger partial charge is 0.416 e. The molecule has 38 heavy (non-hydrogen) atoms. The monoisotopic (exact) mass is 568 g/mol. The average Bonchev–Trinajstić information content (AvgIpc) is 2.91. The van der Waals surface area contributed by atoms with Gasteiger partial charge in [-0.3, -0.25) is 4.90 Å². The van der Waals surface area contributed by atoms with Gasteiger partial charge in [-0.15, -0.1) is 0 Å². The molecule has 0 N–H and O–H groups in total. The Morgan fingerprint density at radius 2 is 1.63 bits per heavy atom. The van der Waals surface area contributed by atoms with Crippen molar-refractivity contribution in [3.8, 4) is 5.75 Å². The molecule has 0 aromatic heterocycles. The Bertz CT molecular complexity index is 1330. The predicted octanol–water partition coefficient (Wildman–Crippen LogP) is 5.63. The van der Waals surface area contributed by atoms with E-state index < -0.39 is 21.8 Å². The fraction of sp³-hybridized carbons (Fsp3) is 0.333. The second kappa shape index (κ2) is 12.0. The summed E-state index contributed by atoms with van der Waals surface area (Å²) in [6.45, 7) is 1.97. The van der Waals surface area contributed by atoms with Gasteiger partial charge in [0.25, 0.3) is 0 Å². The predicted molar refractivity (Wildman–Crippen MR) is 139 cm³/mol. The molecule has 1 atom stereocenters. The number of ether oxygens (including phenoxy) is 2. The van der Waals surface area contributed by atoms with Crippen LogP contribution in [0, 0.1) is 0 Å². The van der Waals surface area contributed by atoms with Gasteiger partial charge in [-0.05, 0) is 53.6 Å². The average molecular weight is 569 g/mol. The third-order valence-electron chi connectivity index (χ3n) is 6.38. The maximum absolute atomic E-state index is 13.1. The number of methoxy groups -OCH3 is 1. The molecule has 1 aliphatic heterocycles. The van der Waals surface area contributed by atoms with E-state index >= 15 is 0 Å². The number of nitrogens with zero attached hydrogens (tertiary/aromatic N) is 2. The Kier molecular flexibility index (Phi) is 9.00. The van der Waals surface area contributed by atoms with E-state index in [-0.39, 0.29) is 24.1 Å². The van der Waals surface area contributed by atoms with Crippen LogP contribution in [0.3, 0.4) is 0 Å². The summed E-state index contributed by atoms with van der Waals surface area (Å²) in [4.78, 5) is 1.73. The molecule has 0 spiro atoms. The summed E-state index contributed by atoms with van der Waals surface area (Å²) in [6, 6.07) is 18.8. The van der Waals surface area contributed by atoms with E-state index in [0.717, 1.165) is 29.0 Å². The molecular formula is C27H28ClF3N2O4S. The SMILES string of the molecule is COc1cccc(CO[C@@H](CN2CCN(S(=O)(=O)c3cccc(C(F)(F)F)c3)CC2)c2ccc(Cl)cc2)c1. The second-order valence-corrected chi connectivity index (χ2v) is 11.3. The van der Waals surface area contributed by atoms with Gasteiger partial charge in [0, 0.05) is 37.7 Å². The molecule has 0 amide bonds. The van der Waals surface area contributed by atoms with Crippen LogP contribution in [0.25, 0.3) is 0 Å². The molecular weight excluding hydrogens is 541 g/mol. The number of hydrogen-bond donors (Lipinski definition) is 0. The van der Waals surface area contributed by atoms with Crippen molar-refractivity contribution in [2.45, 2.75) is 23.8 Å². The molecule has 3 aromatic rings. The first kappa shape index (κ1) is 28.4. The molecule has 0 saturated carbocycles. The molecule has 0 unspecified atom stereocenters. The van der Waals surface area contributed by atoms with Gasteiger partial charge >= 0.3 is 6.18 Å². The first-order chi connectivity index (χ1) is 18.1. The number of hydrogen-bond acceptors (Lipinski definition) is 5. The quantitative estimate of drug-likeness (QED) is 0.335. The van der Waals surface area contributed by atoms with Gasteiger partial charge in [-0.2, -0.15) is 17.5 Å². The Hall–Kier alpha value is -2.63. The van der Waals surface area contributed by atoms with E-state index in [1.54, 1.807) is 19.2 Å². The Morgan fingerprint density at radius 1 is 0.947 bits per heavy atom. The van der Waals surface area contributed by atoms with E-state index in [9.17, 15) is 21.6 Å². The van der Waals surface area contributed by atoms with Crippen LogP contribution in [-0.2, 0) is 27.5 Å². The lowest BCUT2D eigenvalue weighted by Gasteiger charge is -2.36. The summed E-state index contributed by atoms with van der Waals surface area (Å²) in [5, 5.41) is 0.605. The summed E-state index contributed by atoms with van der Waals surface area (Å²) in [5.41, 5.74) is 0.882. The summed E-state index contributed by atoms with van der Waals surface area (Å²) in [6.07, 6.45) is -4.93. The van der Waals surface area contributed by atoms with Crippen molar-refractivity contribution in [2.75, 3.05) is 39.8 Å². The highest BCUT2D eigenvalue weighted by molar-refractivity contribution is 7.89. The number of halogens is 4. The molecule has 6 nitrogen and oxygen atoms in total. The summed E-state index contributed by atoms with van der Waals surface area (Å²) >= 11 is 6.07. The largest absolute Gasteiger partial charge is 0.497 e. The van der Waals surface area contributed by atoms with Crippen molar-refractivity contribution in [2.24, 2.45) is 0 Å². The normalized spacial score (nSPS) is 16.3. The van der Waals surface area contributed by atoms with Crippen molar-refractivity contribution >= 4 is 21.6 Å². The van der Waals surface area contributed by atoms with Gasteiger partial charge < -0.3 is 9.47 Å². The lowest BCUT2D eigenvalue weighted by atomic mass is 10.1. The number of benzene rings is 3. The number of alkyl halides is 3. The highest BCUT2D eigenvalue weighted by Crippen LogP contribution is 2.31. The summed E-state index contributed by atoms with van der Waals surface area (Å²) in [7, 11) is -2.46. The zero-order chi connectivity index (χ0) is 27.3. The molecule has 1 aliphatic rings. The van der Waals surface area contributed by atoms with E-state index in [1.165, 1.54) is 10.4 Å². The zero-order valence-electron chi connectivity index (χ0n) is 20.7. The van der Waals surface area contributed by atoms with Crippen LogP contribution < -0.4 is 4.74 Å². The molecule has 1 saturated heterocycles. The molecule has 204 valence electrons. The first-order valence-corrected chi connectivity index (χ1v) is 13.8. The summed E-state index contributed by atoms with van der Waals surface area (Å²) < 4.78 is 78.2. The molecule has 3 aromatic carbocycles. The second-order valence-electron chi connectivity index (χ2n) is 8.93. The minimum absolute atomic E-state index is 0.155. The van der Waals surface area contributed by atoms with E-state index in [2.05, 4.69) is 4.90 Å². The van der Waals surface area contributed by atoms with Crippen LogP contribution in [0.15, 0.2) is 77.7 Å². The molecule has 4 rings (SSSR count). The number of piperazine rings is 1. The van der Waals surface area contributed by atoms with Crippen LogP contribution >= 0.6 is 11.6 Å². The van der Waals surface area contributed by atoms with Crippen LogP contribution in [0.5, 0.6) is 5.75 Å². The lowest BCUT2D eigenvalue weighted by molar-refractivity contribution is -0.137. The molecule has 0 bridgehead atoms. The first-order valence-electron chi connectivity index (χ1n) is 12.0. The van der Waals surface area contributed by atoms with Crippen LogP contribution in [0.4, 0.5) is 13.2 Å². The summed E-state index contributed by atoms with van der Waals surface area (Å²) in [5.74, 6) is 0.729. The fourth-order valence-electron chi connectivity index (χ4n) is 4.26. The van der Waals surface area contributed by atoms with Gasteiger partial charge in [-0.25, -0.2) is 8.42 Å². The van der Waals surface area contributed by atoms with Crippen LogP contribution in [0.2, 0.25) is 5.02 Å². The van der Waals surface area contributed by atoms with Gasteiger partial charge in [-0.1, -0.05) is 41.9 Å². The van der Waals surface area contributed by atoms with Gasteiger partial charge in [0.1, 0.15) is 5.75 Å². The maximum Gasteiger partial charge on any atom is 0.416 e. The van der Waals surface area contributed by atoms with Crippen LogP contribution in [0.1, 0.15) is 22.8 Å². The molecule has 0 radical (unpaired) electrons. The number of rotatable bonds is 9. The zero-order valence-corrected chi connectivity index (χ0v) is 22.3. The topological polar surface area (TPSA) is 59.1 Å². The molecule has 0 aliphatic carbocycles. The maximum atomic E-state index is 13.1. The van der Waals surface area contributed by atoms with Crippen LogP contribution in [-0.4, -0.2) is 57.5 Å². The standard InChI is InChI=1S/C27H28ClF3N2O4S/c1-36-24-6-2-4-20(16-24)19-37-26(21-8-10-23(28)11-9-21)18-32-12-14-33(15-13-32)38(34,35)25-7-3-5-22(17-25)27(29,30)31/h2-11,16-17,26H,12-15,18-19H2,1H3/t26-/m0/s1. The van der Waals surface area contributed by atoms with E-state index in [0.29, 0.717) is 37.3 Å². The molecule has 11 heteroatoms. The van der Waals surface area contributed by atoms with Gasteiger partial charge in [0.15, 0.2) is 0 Å². The van der Waals surface area contributed by atoms with E-state index in [4.69, 9.17) is 21.1 Å². The van der Waals surface area contributed by atoms with Gasteiger partial charge in [0.2, 0.25) is 10.0 Å². The molecule has 1 heterocycles. The van der Waals surface area contributed by atoms with Crippen molar-refractivity contribution in [1.82, 2.24) is 9.21 Å². The lowest BCUT2D eigenvalue weighted by Crippen LogP contribution is -2.49. The van der Waals surface area contributed by atoms with Gasteiger partial charge in [0.05, 0.1) is 30.3 Å². The molecule has 1 fully saturated rings. The highest BCUT2D eigenvalue weighted by Gasteiger charge is 2.34.